The van der Waals surface area contributed by atoms with Crippen molar-refractivity contribution in [2.24, 2.45) is 20.5 Å². The number of phenols is 1. The van der Waals surface area contributed by atoms with Crippen molar-refractivity contribution in [1.29, 1.82) is 0 Å². The molecule has 2 aromatic heterocycles. The first-order valence-corrected chi connectivity index (χ1v) is 24.5. The average molecular weight is 1060 g/mol. The SMILES string of the molecule is Nc1c(N=Nc2ccccc2S(=O)(=O)O)ccc2cc(S(=O)(=O)O)c(N=Nc3cccc(Nc4nc(Cl)nc(Nc5ccc(S(=O)(=O)O)c(Nc6nc(Cl)nc(NCCOCCO)n6)c5)n4)c3)c(O)c12. The lowest BCUT2D eigenvalue weighted by molar-refractivity contribution is 0.0991. The smallest absolute Gasteiger partial charge is 0.296 e. The van der Waals surface area contributed by atoms with Crippen LogP contribution in [-0.2, 0) is 35.1 Å². The van der Waals surface area contributed by atoms with Gasteiger partial charge in [0.05, 0.1) is 42.3 Å². The fourth-order valence-corrected chi connectivity index (χ4v) is 8.34. The van der Waals surface area contributed by atoms with Gasteiger partial charge < -0.3 is 42.0 Å². The van der Waals surface area contributed by atoms with E-state index in [1.807, 2.05) is 0 Å². The number of halogens is 2. The number of hydrogen-bond acceptors (Lipinski definition) is 24. The van der Waals surface area contributed by atoms with Gasteiger partial charge in [-0.1, -0.05) is 24.3 Å². The Morgan fingerprint density at radius 1 is 0.600 bits per heavy atom. The van der Waals surface area contributed by atoms with Gasteiger partial charge in [-0.3, -0.25) is 13.7 Å². The van der Waals surface area contributed by atoms with Crippen molar-refractivity contribution in [3.63, 3.8) is 0 Å². The van der Waals surface area contributed by atoms with Gasteiger partial charge in [0.25, 0.3) is 30.4 Å². The number of aliphatic hydroxyl groups excluding tert-OH is 1. The molecule has 0 spiro atoms. The summed E-state index contributed by atoms with van der Waals surface area (Å²) in [4.78, 5) is 22.5. The van der Waals surface area contributed by atoms with Crippen LogP contribution in [-0.4, -0.2) is 105 Å². The summed E-state index contributed by atoms with van der Waals surface area (Å²) in [6.07, 6.45) is 0. The molecule has 70 heavy (non-hydrogen) atoms. The third-order valence-electron chi connectivity index (χ3n) is 9.03. The lowest BCUT2D eigenvalue weighted by Crippen LogP contribution is -2.14. The molecule has 0 aliphatic carbocycles. The summed E-state index contributed by atoms with van der Waals surface area (Å²) >= 11 is 12.3. The molecule has 0 unspecified atom stereocenters. The Bertz CT molecular complexity index is 3560. The second-order valence-electron chi connectivity index (χ2n) is 13.9. The molecule has 5 aromatic carbocycles. The highest BCUT2D eigenvalue weighted by atomic mass is 35.5. The van der Waals surface area contributed by atoms with Crippen LogP contribution in [0.1, 0.15) is 0 Å². The lowest BCUT2D eigenvalue weighted by Gasteiger charge is -2.13. The number of rotatable bonds is 19. The first kappa shape index (κ1) is 50.5. The van der Waals surface area contributed by atoms with Crippen molar-refractivity contribution >= 4 is 134 Å². The molecule has 0 aliphatic heterocycles. The van der Waals surface area contributed by atoms with E-state index in [1.165, 1.54) is 60.7 Å². The molecule has 11 N–H and O–H groups in total. The number of hydrogen-bond donors (Lipinski definition) is 10. The second-order valence-corrected chi connectivity index (χ2v) is 18.7. The van der Waals surface area contributed by atoms with Crippen molar-refractivity contribution < 1.29 is 53.9 Å². The minimum absolute atomic E-state index is 0.00338. The summed E-state index contributed by atoms with van der Waals surface area (Å²) in [6, 6.07) is 18.3. The topological polar surface area (TPSA) is 414 Å². The summed E-state index contributed by atoms with van der Waals surface area (Å²) in [5, 5.41) is 46.7. The van der Waals surface area contributed by atoms with E-state index >= 15 is 0 Å². The first-order valence-electron chi connectivity index (χ1n) is 19.4. The molecule has 2 heterocycles. The van der Waals surface area contributed by atoms with Crippen LogP contribution in [0, 0.1) is 0 Å². The number of aromatic hydroxyl groups is 1. The van der Waals surface area contributed by atoms with Crippen LogP contribution in [0.2, 0.25) is 10.6 Å². The maximum absolute atomic E-state index is 12.5. The zero-order valence-electron chi connectivity index (χ0n) is 35.0. The van der Waals surface area contributed by atoms with Crippen LogP contribution in [0.15, 0.2) is 120 Å². The minimum atomic E-state index is -5.05. The van der Waals surface area contributed by atoms with Crippen LogP contribution in [0.5, 0.6) is 5.75 Å². The Kier molecular flexibility index (Phi) is 15.2. The van der Waals surface area contributed by atoms with Crippen molar-refractivity contribution in [1.82, 2.24) is 29.9 Å². The standard InChI is InChI=1S/C38H33Cl2N15O12S3/c39-33-46-35(42-12-14-67-15-13-56)50-38(49-33)45-25-18-21(9-11-27(25)69(61,62)63)44-37-48-34(40)47-36(51-37)43-20-4-3-5-22(17-20)52-55-31-28(70(64,65)66)16-19-8-10-24(30(41)29(19)32(31)57)54-53-23-6-1-2-7-26(23)68(58,59)60/h1-11,16-18,56-57H,12-15,41H2,(H,58,59,60)(H,61,62,63)(H,64,65,66)(H2,42,45,46,49,50)(H2,43,44,47,48,51). The first-order chi connectivity index (χ1) is 33.2. The number of nitrogen functional groups attached to an aromatic ring is 1. The number of ether oxygens (including phenoxy) is 1. The number of aliphatic hydroxyl groups is 1. The minimum Gasteiger partial charge on any atom is -0.505 e. The molecule has 364 valence electrons. The molecule has 0 aliphatic rings. The van der Waals surface area contributed by atoms with Crippen LogP contribution in [0.4, 0.5) is 69.3 Å². The van der Waals surface area contributed by atoms with Gasteiger partial charge in [-0.15, -0.1) is 15.3 Å². The number of azo groups is 2. The molecule has 0 radical (unpaired) electrons. The van der Waals surface area contributed by atoms with Gasteiger partial charge in [-0.05, 0) is 89.3 Å². The number of aromatic nitrogens is 6. The molecule has 7 aromatic rings. The zero-order chi connectivity index (χ0) is 50.4. The molecule has 7 rings (SSSR count). The fourth-order valence-electron chi connectivity index (χ4n) is 6.11. The Balaban J connectivity index is 1.13. The van der Waals surface area contributed by atoms with Gasteiger partial charge in [-0.2, -0.15) is 60.3 Å². The van der Waals surface area contributed by atoms with Gasteiger partial charge in [0, 0.05) is 17.9 Å². The molecule has 27 nitrogen and oxygen atoms in total. The molecular weight excluding hydrogens is 1030 g/mol. The van der Waals surface area contributed by atoms with E-state index in [9.17, 15) is 44.0 Å². The molecule has 0 amide bonds. The Morgan fingerprint density at radius 3 is 1.89 bits per heavy atom. The Morgan fingerprint density at radius 2 is 1.21 bits per heavy atom. The van der Waals surface area contributed by atoms with Gasteiger partial charge in [0.1, 0.15) is 31.7 Å². The highest BCUT2D eigenvalue weighted by Gasteiger charge is 2.25. The number of nitrogens with one attached hydrogen (secondary N) is 4. The zero-order valence-corrected chi connectivity index (χ0v) is 39.0. The highest BCUT2D eigenvalue weighted by molar-refractivity contribution is 7.86. The number of fused-ring (bicyclic) bond motifs is 1. The summed E-state index contributed by atoms with van der Waals surface area (Å²) in [6.45, 7) is 0.355. The van der Waals surface area contributed by atoms with Gasteiger partial charge >= 0.3 is 0 Å². The van der Waals surface area contributed by atoms with E-state index < -0.39 is 56.5 Å². The van der Waals surface area contributed by atoms with Crippen LogP contribution in [0.3, 0.4) is 0 Å². The van der Waals surface area contributed by atoms with Crippen molar-refractivity contribution in [2.75, 3.05) is 53.4 Å². The highest BCUT2D eigenvalue weighted by Crippen LogP contribution is 2.46. The summed E-state index contributed by atoms with van der Waals surface area (Å²) in [5.41, 5.74) is 5.29. The van der Waals surface area contributed by atoms with Gasteiger partial charge in [0.2, 0.25) is 34.4 Å². The number of phenolic OH excluding ortho intramolecular Hbond substituents is 1. The number of anilines is 8. The normalized spacial score (nSPS) is 12.2. The Labute approximate surface area is 405 Å². The molecule has 0 saturated carbocycles. The van der Waals surface area contributed by atoms with E-state index in [0.29, 0.717) is 0 Å². The van der Waals surface area contributed by atoms with E-state index in [1.54, 1.807) is 6.07 Å². The summed E-state index contributed by atoms with van der Waals surface area (Å²) in [7, 11) is -14.5. The van der Waals surface area contributed by atoms with E-state index in [-0.39, 0.29) is 111 Å². The predicted molar refractivity (Wildman–Crippen MR) is 253 cm³/mol. The summed E-state index contributed by atoms with van der Waals surface area (Å²) < 4.78 is 108. The average Bonchev–Trinajstić information content (AvgIpc) is 3.27. The van der Waals surface area contributed by atoms with Crippen molar-refractivity contribution in [3.8, 4) is 5.75 Å². The van der Waals surface area contributed by atoms with Crippen LogP contribution in [0.25, 0.3) is 10.8 Å². The van der Waals surface area contributed by atoms with E-state index in [4.69, 9.17) is 38.8 Å². The quantitative estimate of drug-likeness (QED) is 0.0168. The number of nitrogens with zero attached hydrogens (tertiary/aromatic N) is 10. The second kappa shape index (κ2) is 21.1. The molecule has 0 saturated heterocycles. The molecule has 0 bridgehead atoms. The number of nitrogens with two attached hydrogens (primary N) is 1. The van der Waals surface area contributed by atoms with Crippen molar-refractivity contribution in [2.45, 2.75) is 14.7 Å². The molecule has 0 fully saturated rings. The predicted octanol–water partition coefficient (Wildman–Crippen LogP) is 7.03. The van der Waals surface area contributed by atoms with Crippen LogP contribution >= 0.6 is 23.2 Å². The summed E-state index contributed by atoms with van der Waals surface area (Å²) in [5.74, 6) is -1.33. The van der Waals surface area contributed by atoms with E-state index in [2.05, 4.69) is 71.6 Å². The van der Waals surface area contributed by atoms with Crippen LogP contribution < -0.4 is 27.0 Å². The largest absolute Gasteiger partial charge is 0.505 e. The molecular formula is C38H33Cl2N15O12S3. The maximum Gasteiger partial charge on any atom is 0.296 e. The number of benzene rings is 5. The third kappa shape index (κ3) is 12.6. The molecule has 0 atom stereocenters. The lowest BCUT2D eigenvalue weighted by atomic mass is 10.1. The van der Waals surface area contributed by atoms with Gasteiger partial charge in [0.15, 0.2) is 5.75 Å². The monoisotopic (exact) mass is 1060 g/mol. The van der Waals surface area contributed by atoms with E-state index in [0.717, 1.165) is 18.2 Å². The third-order valence-corrected chi connectivity index (χ3v) is 12.0. The maximum atomic E-state index is 12.5. The fraction of sp³-hybridized carbons (Fsp3) is 0.105. The van der Waals surface area contributed by atoms with Crippen molar-refractivity contribution in [3.05, 3.63) is 95.5 Å². The Hall–Kier alpha value is -7.39. The molecule has 32 heteroatoms. The van der Waals surface area contributed by atoms with Gasteiger partial charge in [-0.25, -0.2) is 0 Å².